The van der Waals surface area contributed by atoms with E-state index in [0.717, 1.165) is 0 Å². The van der Waals surface area contributed by atoms with Gasteiger partial charge in [0.25, 0.3) is 0 Å². The predicted octanol–water partition coefficient (Wildman–Crippen LogP) is -1.63. The molecule has 0 atom stereocenters. The molecular weight excluding hydrogens is 84.0 g/mol. The van der Waals surface area contributed by atoms with Gasteiger partial charge in [0.15, 0.2) is 0 Å². The monoisotopic (exact) mass is 92.1 g/mol. The van der Waals surface area contributed by atoms with Crippen molar-refractivity contribution in [3.63, 3.8) is 0 Å². The van der Waals surface area contributed by atoms with Gasteiger partial charge in [-0.2, -0.15) is 11.4 Å². The third-order valence-corrected chi connectivity index (χ3v) is 0.297. The molecule has 4 N–H and O–H groups in total. The smallest absolute Gasteiger partial charge is 0.0579 e. The summed E-state index contributed by atoms with van der Waals surface area (Å²) < 4.78 is 0. The standard InChI is InChI=1S/C2H8N2O2/c3-6-4-1-2-5/h4-5H,1-3H2. The van der Waals surface area contributed by atoms with E-state index in [1.807, 2.05) is 0 Å². The van der Waals surface area contributed by atoms with Crippen LogP contribution in [0.25, 0.3) is 0 Å². The lowest BCUT2D eigenvalue weighted by molar-refractivity contribution is 0.0317. The maximum atomic E-state index is 8.00. The maximum Gasteiger partial charge on any atom is 0.0579 e. The van der Waals surface area contributed by atoms with Crippen molar-refractivity contribution in [2.75, 3.05) is 13.2 Å². The second-order valence-electron chi connectivity index (χ2n) is 0.736. The first-order chi connectivity index (χ1) is 2.91. The normalized spacial score (nSPS) is 9.00. The zero-order chi connectivity index (χ0) is 4.83. The molecule has 0 saturated heterocycles. The summed E-state index contributed by atoms with van der Waals surface area (Å²) >= 11 is 0. The zero-order valence-corrected chi connectivity index (χ0v) is 3.35. The molecule has 0 heterocycles. The molecule has 0 aliphatic carbocycles. The Morgan fingerprint density at radius 2 is 2.50 bits per heavy atom. The number of nitrogens with two attached hydrogens (primary N) is 1. The minimum absolute atomic E-state index is 0.0389. The fourth-order valence-corrected chi connectivity index (χ4v) is 0.105. The minimum Gasteiger partial charge on any atom is -0.395 e. The number of nitrogens with one attached hydrogen (secondary N) is 1. The van der Waals surface area contributed by atoms with Crippen LogP contribution in [0.5, 0.6) is 0 Å². The molecule has 0 spiro atoms. The van der Waals surface area contributed by atoms with Crippen molar-refractivity contribution < 1.29 is 10.0 Å². The fourth-order valence-electron chi connectivity index (χ4n) is 0.105. The Morgan fingerprint density at radius 3 is 2.67 bits per heavy atom. The first kappa shape index (κ1) is 5.84. The Bertz CT molecular complexity index is 21.5. The Morgan fingerprint density at radius 1 is 1.83 bits per heavy atom. The highest BCUT2D eigenvalue weighted by atomic mass is 16.8. The summed E-state index contributed by atoms with van der Waals surface area (Å²) in [5.41, 5.74) is 2.23. The van der Waals surface area contributed by atoms with Crippen LogP contribution in [0.3, 0.4) is 0 Å². The predicted molar refractivity (Wildman–Crippen MR) is 20.4 cm³/mol. The van der Waals surface area contributed by atoms with Crippen LogP contribution in [0, 0.1) is 0 Å². The molecule has 0 aliphatic rings. The first-order valence-electron chi connectivity index (χ1n) is 1.61. The van der Waals surface area contributed by atoms with Crippen molar-refractivity contribution in [3.8, 4) is 0 Å². The van der Waals surface area contributed by atoms with Gasteiger partial charge in [0, 0.05) is 6.54 Å². The highest BCUT2D eigenvalue weighted by Gasteiger charge is 1.72. The molecule has 0 unspecified atom stereocenters. The molecular formula is C2H8N2O2. The lowest BCUT2D eigenvalue weighted by Gasteiger charge is -1.91. The van der Waals surface area contributed by atoms with Crippen LogP contribution >= 0.6 is 0 Å². The van der Waals surface area contributed by atoms with Crippen LogP contribution in [0.1, 0.15) is 0 Å². The van der Waals surface area contributed by atoms with Crippen molar-refractivity contribution in [2.24, 2.45) is 5.90 Å². The lowest BCUT2D eigenvalue weighted by atomic mass is 10.8. The largest absolute Gasteiger partial charge is 0.395 e. The molecule has 0 aromatic rings. The van der Waals surface area contributed by atoms with E-state index < -0.39 is 0 Å². The summed E-state index contributed by atoms with van der Waals surface area (Å²) in [4.78, 5) is 3.87. The van der Waals surface area contributed by atoms with E-state index in [9.17, 15) is 0 Å². The summed E-state index contributed by atoms with van der Waals surface area (Å²) in [6, 6.07) is 0. The molecule has 0 amide bonds. The topological polar surface area (TPSA) is 67.5 Å². The van der Waals surface area contributed by atoms with Gasteiger partial charge in [0.05, 0.1) is 6.61 Å². The summed E-state index contributed by atoms with van der Waals surface area (Å²) in [7, 11) is 0. The average molecular weight is 92.1 g/mol. The molecule has 0 saturated carbocycles. The van der Waals surface area contributed by atoms with Gasteiger partial charge in [0.1, 0.15) is 0 Å². The van der Waals surface area contributed by atoms with Crippen LogP contribution < -0.4 is 11.4 Å². The highest BCUT2D eigenvalue weighted by Crippen LogP contribution is 1.47. The number of rotatable bonds is 3. The van der Waals surface area contributed by atoms with Crippen molar-refractivity contribution in [1.29, 1.82) is 0 Å². The fraction of sp³-hybridized carbons (Fsp3) is 1.00. The van der Waals surface area contributed by atoms with Crippen molar-refractivity contribution in [1.82, 2.24) is 5.48 Å². The summed E-state index contributed by atoms with van der Waals surface area (Å²) in [6.45, 7) is 0.410. The second kappa shape index (κ2) is 4.84. The molecule has 0 aliphatic heterocycles. The number of aliphatic hydroxyl groups is 1. The van der Waals surface area contributed by atoms with E-state index in [1.165, 1.54) is 0 Å². The van der Waals surface area contributed by atoms with Crippen LogP contribution in [-0.4, -0.2) is 18.3 Å². The van der Waals surface area contributed by atoms with E-state index in [0.29, 0.717) is 6.54 Å². The minimum atomic E-state index is 0.0389. The molecule has 4 heteroatoms. The maximum absolute atomic E-state index is 8.00. The average Bonchev–Trinajstić information content (AvgIpc) is 1.61. The molecule has 38 valence electrons. The van der Waals surface area contributed by atoms with Gasteiger partial charge in [0.2, 0.25) is 0 Å². The van der Waals surface area contributed by atoms with E-state index >= 15 is 0 Å². The van der Waals surface area contributed by atoms with Crippen molar-refractivity contribution >= 4 is 0 Å². The Balaban J connectivity index is 2.34. The first-order valence-corrected chi connectivity index (χ1v) is 1.61. The van der Waals surface area contributed by atoms with E-state index in [2.05, 4.69) is 16.3 Å². The van der Waals surface area contributed by atoms with Gasteiger partial charge in [-0.1, -0.05) is 0 Å². The van der Waals surface area contributed by atoms with Crippen molar-refractivity contribution in [3.05, 3.63) is 0 Å². The molecule has 4 nitrogen and oxygen atoms in total. The van der Waals surface area contributed by atoms with Crippen molar-refractivity contribution in [2.45, 2.75) is 0 Å². The summed E-state index contributed by atoms with van der Waals surface area (Å²) in [5, 5.41) is 8.00. The molecule has 0 aromatic carbocycles. The SMILES string of the molecule is NONCCO. The third kappa shape index (κ3) is 3.84. The zero-order valence-electron chi connectivity index (χ0n) is 3.35. The van der Waals surface area contributed by atoms with Crippen LogP contribution in [0.15, 0.2) is 0 Å². The number of aliphatic hydroxyl groups excluding tert-OH is 1. The molecule has 6 heavy (non-hydrogen) atoms. The molecule has 0 fully saturated rings. The highest BCUT2D eigenvalue weighted by molar-refractivity contribution is 4.22. The second-order valence-corrected chi connectivity index (χ2v) is 0.736. The molecule has 0 bridgehead atoms. The van der Waals surface area contributed by atoms with Gasteiger partial charge in [-0.25, -0.2) is 4.94 Å². The summed E-state index contributed by atoms with van der Waals surface area (Å²) in [5.74, 6) is 4.49. The molecule has 0 radical (unpaired) electrons. The van der Waals surface area contributed by atoms with Crippen LogP contribution in [0.4, 0.5) is 0 Å². The number of hydrogen-bond donors (Lipinski definition) is 3. The number of hydroxylamine groups is 1. The quantitative estimate of drug-likeness (QED) is 0.289. The van der Waals surface area contributed by atoms with Gasteiger partial charge < -0.3 is 5.11 Å². The Kier molecular flexibility index (Phi) is 4.71. The van der Waals surface area contributed by atoms with E-state index in [4.69, 9.17) is 5.11 Å². The van der Waals surface area contributed by atoms with Gasteiger partial charge in [-0.05, 0) is 0 Å². The lowest BCUT2D eigenvalue weighted by Crippen LogP contribution is -2.22. The van der Waals surface area contributed by atoms with Gasteiger partial charge >= 0.3 is 0 Å². The number of hydrogen-bond acceptors (Lipinski definition) is 4. The van der Waals surface area contributed by atoms with Gasteiger partial charge in [-0.3, -0.25) is 0 Å². The molecule has 0 rings (SSSR count). The molecule has 0 aromatic heterocycles. The Labute approximate surface area is 35.8 Å². The Hall–Kier alpha value is -0.160. The van der Waals surface area contributed by atoms with Gasteiger partial charge in [-0.15, -0.1) is 0 Å². The van der Waals surface area contributed by atoms with Crippen LogP contribution in [0.2, 0.25) is 0 Å². The third-order valence-electron chi connectivity index (χ3n) is 0.297. The van der Waals surface area contributed by atoms with E-state index in [1.54, 1.807) is 0 Å². The van der Waals surface area contributed by atoms with Crippen LogP contribution in [-0.2, 0) is 4.94 Å². The summed E-state index contributed by atoms with van der Waals surface area (Å²) in [6.07, 6.45) is 0. The van der Waals surface area contributed by atoms with E-state index in [-0.39, 0.29) is 6.61 Å².